The predicted octanol–water partition coefficient (Wildman–Crippen LogP) is 5.18. The molecule has 0 saturated carbocycles. The number of para-hydroxylation sites is 1. The summed E-state index contributed by atoms with van der Waals surface area (Å²) in [7, 11) is 1.68. The number of hydrogen-bond acceptors (Lipinski definition) is 3. The minimum atomic E-state index is -0.422. The molecule has 0 aliphatic carbocycles. The second-order valence-electron chi connectivity index (χ2n) is 6.97. The fourth-order valence-electron chi connectivity index (χ4n) is 3.16. The number of aryl methyl sites for hydroxylation is 1. The summed E-state index contributed by atoms with van der Waals surface area (Å²) in [6.07, 6.45) is 0.828. The number of benzene rings is 3. The van der Waals surface area contributed by atoms with E-state index in [1.165, 1.54) is 16.7 Å². The van der Waals surface area contributed by atoms with Crippen LogP contribution in [0, 0.1) is 0 Å². The normalized spacial score (nSPS) is 11.5. The molecule has 0 aliphatic heterocycles. The van der Waals surface area contributed by atoms with Crippen LogP contribution in [0.1, 0.15) is 23.3 Å². The molecule has 0 fully saturated rings. The highest BCUT2D eigenvalue weighted by Gasteiger charge is 2.26. The predicted molar refractivity (Wildman–Crippen MR) is 124 cm³/mol. The van der Waals surface area contributed by atoms with Gasteiger partial charge in [0, 0.05) is 17.6 Å². The standard InChI is InChI=1S/C25H26N2O2S/c1-3-19-12-10-11-17-22(19)26-23(28)18-27(2)25(29)24(20-13-6-4-7-14-20)30-21-15-8-5-9-16-21/h4-17,24H,3,18H2,1-2H3,(H,26,28). The molecule has 0 heterocycles. The van der Waals surface area contributed by atoms with Crippen molar-refractivity contribution in [3.63, 3.8) is 0 Å². The molecule has 3 aromatic rings. The lowest BCUT2D eigenvalue weighted by Crippen LogP contribution is -2.37. The quantitative estimate of drug-likeness (QED) is 0.513. The van der Waals surface area contributed by atoms with Crippen molar-refractivity contribution in [3.8, 4) is 0 Å². The molecule has 0 radical (unpaired) electrons. The van der Waals surface area contributed by atoms with E-state index >= 15 is 0 Å². The summed E-state index contributed by atoms with van der Waals surface area (Å²) in [5.41, 5.74) is 2.78. The van der Waals surface area contributed by atoms with Gasteiger partial charge in [-0.05, 0) is 35.7 Å². The first-order valence-electron chi connectivity index (χ1n) is 9.98. The number of nitrogens with zero attached hydrogens (tertiary/aromatic N) is 1. The molecule has 30 heavy (non-hydrogen) atoms. The highest BCUT2D eigenvalue weighted by molar-refractivity contribution is 8.00. The Kier molecular flexibility index (Phi) is 7.69. The number of hydrogen-bond donors (Lipinski definition) is 1. The van der Waals surface area contributed by atoms with E-state index in [1.807, 2.05) is 91.9 Å². The number of thioether (sulfide) groups is 1. The Morgan fingerprint density at radius 1 is 0.900 bits per heavy atom. The minimum absolute atomic E-state index is 0.00440. The van der Waals surface area contributed by atoms with E-state index in [4.69, 9.17) is 0 Å². The lowest BCUT2D eigenvalue weighted by Gasteiger charge is -2.24. The summed E-state index contributed by atoms with van der Waals surface area (Å²) >= 11 is 1.49. The van der Waals surface area contributed by atoms with Gasteiger partial charge in [-0.3, -0.25) is 9.59 Å². The number of carbonyl (C=O) groups excluding carboxylic acids is 2. The van der Waals surface area contributed by atoms with Crippen LogP contribution in [0.5, 0.6) is 0 Å². The zero-order valence-corrected chi connectivity index (χ0v) is 18.1. The average molecular weight is 419 g/mol. The van der Waals surface area contributed by atoms with Crippen LogP contribution in [0.25, 0.3) is 0 Å². The maximum atomic E-state index is 13.3. The fourth-order valence-corrected chi connectivity index (χ4v) is 4.32. The molecule has 4 nitrogen and oxygen atoms in total. The summed E-state index contributed by atoms with van der Waals surface area (Å²) in [4.78, 5) is 28.4. The maximum Gasteiger partial charge on any atom is 0.243 e. The Morgan fingerprint density at radius 3 is 2.17 bits per heavy atom. The number of anilines is 1. The van der Waals surface area contributed by atoms with Crippen molar-refractivity contribution in [2.45, 2.75) is 23.5 Å². The molecule has 3 aromatic carbocycles. The largest absolute Gasteiger partial charge is 0.335 e. The molecule has 5 heteroatoms. The molecule has 0 saturated heterocycles. The van der Waals surface area contributed by atoms with Gasteiger partial charge in [-0.2, -0.15) is 0 Å². The van der Waals surface area contributed by atoms with Crippen molar-refractivity contribution < 1.29 is 9.59 Å². The van der Waals surface area contributed by atoms with E-state index in [-0.39, 0.29) is 18.4 Å². The van der Waals surface area contributed by atoms with Crippen LogP contribution in [-0.4, -0.2) is 30.3 Å². The number of rotatable bonds is 8. The van der Waals surface area contributed by atoms with Crippen LogP contribution in [0.3, 0.4) is 0 Å². The molecule has 1 unspecified atom stereocenters. The molecule has 0 bridgehead atoms. The Labute approximate surface area is 182 Å². The van der Waals surface area contributed by atoms with Crippen LogP contribution in [0.2, 0.25) is 0 Å². The van der Waals surface area contributed by atoms with Gasteiger partial charge in [-0.15, -0.1) is 11.8 Å². The van der Waals surface area contributed by atoms with Gasteiger partial charge in [0.1, 0.15) is 5.25 Å². The number of likely N-dealkylation sites (N-methyl/N-ethyl adjacent to an activating group) is 1. The second kappa shape index (κ2) is 10.6. The third-order valence-corrected chi connectivity index (χ3v) is 6.01. The van der Waals surface area contributed by atoms with E-state index in [0.717, 1.165) is 28.1 Å². The highest BCUT2D eigenvalue weighted by Crippen LogP contribution is 2.36. The smallest absolute Gasteiger partial charge is 0.243 e. The Hall–Kier alpha value is -3.05. The summed E-state index contributed by atoms with van der Waals surface area (Å²) in [6, 6.07) is 27.2. The molecule has 2 amide bonds. The summed E-state index contributed by atoms with van der Waals surface area (Å²) < 4.78 is 0. The summed E-state index contributed by atoms with van der Waals surface area (Å²) in [5, 5.41) is 2.51. The molecule has 0 aliphatic rings. The van der Waals surface area contributed by atoms with Gasteiger partial charge in [-0.1, -0.05) is 73.7 Å². The van der Waals surface area contributed by atoms with E-state index in [0.29, 0.717) is 0 Å². The van der Waals surface area contributed by atoms with Crippen molar-refractivity contribution >= 4 is 29.3 Å². The van der Waals surface area contributed by atoms with Crippen LogP contribution in [-0.2, 0) is 16.0 Å². The molecule has 0 aromatic heterocycles. The van der Waals surface area contributed by atoms with Crippen LogP contribution in [0.4, 0.5) is 5.69 Å². The molecular weight excluding hydrogens is 392 g/mol. The van der Waals surface area contributed by atoms with Crippen molar-refractivity contribution in [3.05, 3.63) is 96.1 Å². The Morgan fingerprint density at radius 2 is 1.50 bits per heavy atom. The lowest BCUT2D eigenvalue weighted by atomic mass is 10.1. The Bertz CT molecular complexity index is 977. The topological polar surface area (TPSA) is 49.4 Å². The fraction of sp³-hybridized carbons (Fsp3) is 0.200. The van der Waals surface area contributed by atoms with Gasteiger partial charge in [0.2, 0.25) is 11.8 Å². The van der Waals surface area contributed by atoms with Gasteiger partial charge in [-0.25, -0.2) is 0 Å². The molecule has 0 spiro atoms. The van der Waals surface area contributed by atoms with Crippen molar-refractivity contribution in [2.24, 2.45) is 0 Å². The van der Waals surface area contributed by atoms with Crippen LogP contribution in [0.15, 0.2) is 89.8 Å². The third kappa shape index (κ3) is 5.74. The molecule has 1 N–H and O–H groups in total. The van der Waals surface area contributed by atoms with E-state index in [9.17, 15) is 9.59 Å². The number of amides is 2. The number of carbonyl (C=O) groups is 2. The first kappa shape index (κ1) is 21.7. The lowest BCUT2D eigenvalue weighted by molar-refractivity contribution is -0.132. The Balaban J connectivity index is 1.72. The first-order chi connectivity index (χ1) is 14.6. The monoisotopic (exact) mass is 418 g/mol. The maximum absolute atomic E-state index is 13.3. The second-order valence-corrected chi connectivity index (χ2v) is 8.15. The highest BCUT2D eigenvalue weighted by atomic mass is 32.2. The van der Waals surface area contributed by atoms with Gasteiger partial charge in [0.05, 0.1) is 6.54 Å². The van der Waals surface area contributed by atoms with Crippen LogP contribution < -0.4 is 5.32 Å². The van der Waals surface area contributed by atoms with E-state index < -0.39 is 5.25 Å². The molecule has 3 rings (SSSR count). The first-order valence-corrected chi connectivity index (χ1v) is 10.9. The van der Waals surface area contributed by atoms with Gasteiger partial charge < -0.3 is 10.2 Å². The van der Waals surface area contributed by atoms with Crippen LogP contribution >= 0.6 is 11.8 Å². The number of nitrogens with one attached hydrogen (secondary N) is 1. The SMILES string of the molecule is CCc1ccccc1NC(=O)CN(C)C(=O)C(Sc1ccccc1)c1ccccc1. The molecular formula is C25H26N2O2S. The van der Waals surface area contributed by atoms with Crippen molar-refractivity contribution in [1.82, 2.24) is 4.90 Å². The van der Waals surface area contributed by atoms with Gasteiger partial charge in [0.15, 0.2) is 0 Å². The minimum Gasteiger partial charge on any atom is -0.335 e. The van der Waals surface area contributed by atoms with Gasteiger partial charge in [0.25, 0.3) is 0 Å². The van der Waals surface area contributed by atoms with Crippen molar-refractivity contribution in [2.75, 3.05) is 18.9 Å². The molecule has 1 atom stereocenters. The third-order valence-electron chi connectivity index (χ3n) is 4.75. The zero-order chi connectivity index (χ0) is 21.3. The zero-order valence-electron chi connectivity index (χ0n) is 17.2. The summed E-state index contributed by atoms with van der Waals surface area (Å²) in [5.74, 6) is -0.308. The average Bonchev–Trinajstić information content (AvgIpc) is 2.78. The van der Waals surface area contributed by atoms with Gasteiger partial charge >= 0.3 is 0 Å². The summed E-state index contributed by atoms with van der Waals surface area (Å²) in [6.45, 7) is 2.04. The van der Waals surface area contributed by atoms with Crippen molar-refractivity contribution in [1.29, 1.82) is 0 Å². The van der Waals surface area contributed by atoms with E-state index in [1.54, 1.807) is 7.05 Å². The molecule has 154 valence electrons. The van der Waals surface area contributed by atoms with E-state index in [2.05, 4.69) is 5.32 Å².